The molecule has 1 atom stereocenters. The van der Waals surface area contributed by atoms with Crippen LogP contribution in [-0.4, -0.2) is 35.7 Å². The molecule has 0 fully saturated rings. The minimum Gasteiger partial charge on any atom is -0.478 e. The van der Waals surface area contributed by atoms with E-state index in [1.165, 1.54) is 0 Å². The van der Waals surface area contributed by atoms with Gasteiger partial charge >= 0.3 is 5.97 Å². The standard InChI is InChI=1S/C10H19NO2/c1-5-7-11(4,6-2)8-9(3)10(12)13/h8H,5-7H2,1-4H3/p+1. The van der Waals surface area contributed by atoms with Gasteiger partial charge in [-0.1, -0.05) is 6.92 Å². The van der Waals surface area contributed by atoms with Crippen LogP contribution in [0.25, 0.3) is 0 Å². The molecule has 0 aliphatic rings. The maximum Gasteiger partial charge on any atom is 0.336 e. The number of nitrogens with zero attached hydrogens (tertiary/aromatic N) is 1. The highest BCUT2D eigenvalue weighted by Crippen LogP contribution is 2.08. The number of hydrogen-bond donors (Lipinski definition) is 1. The fraction of sp³-hybridized carbons (Fsp3) is 0.700. The average Bonchev–Trinajstić information content (AvgIpc) is 2.04. The molecule has 0 aromatic heterocycles. The van der Waals surface area contributed by atoms with Gasteiger partial charge in [0, 0.05) is 0 Å². The lowest BCUT2D eigenvalue weighted by Gasteiger charge is -2.28. The Morgan fingerprint density at radius 3 is 2.31 bits per heavy atom. The molecule has 0 amide bonds. The largest absolute Gasteiger partial charge is 0.478 e. The van der Waals surface area contributed by atoms with Crippen LogP contribution in [0.5, 0.6) is 0 Å². The third kappa shape index (κ3) is 4.08. The SMILES string of the molecule is CCC[N+](C)(C=C(C)C(=O)O)CC. The average molecular weight is 186 g/mol. The highest BCUT2D eigenvalue weighted by atomic mass is 16.4. The molecular weight excluding hydrogens is 166 g/mol. The summed E-state index contributed by atoms with van der Waals surface area (Å²) in [5.41, 5.74) is 0.429. The minimum atomic E-state index is -0.825. The first kappa shape index (κ1) is 12.2. The molecule has 3 nitrogen and oxygen atoms in total. The van der Waals surface area contributed by atoms with Crippen LogP contribution in [0.3, 0.4) is 0 Å². The molecule has 3 heteroatoms. The lowest BCUT2D eigenvalue weighted by Crippen LogP contribution is -2.39. The Labute approximate surface area is 80.3 Å². The van der Waals surface area contributed by atoms with Gasteiger partial charge in [0.15, 0.2) is 0 Å². The van der Waals surface area contributed by atoms with Crippen LogP contribution in [0, 0.1) is 0 Å². The summed E-state index contributed by atoms with van der Waals surface area (Å²) in [5, 5.41) is 8.73. The zero-order chi connectivity index (χ0) is 10.5. The van der Waals surface area contributed by atoms with E-state index in [9.17, 15) is 4.79 Å². The van der Waals surface area contributed by atoms with E-state index in [4.69, 9.17) is 5.11 Å². The third-order valence-electron chi connectivity index (χ3n) is 2.30. The fourth-order valence-electron chi connectivity index (χ4n) is 1.35. The summed E-state index contributed by atoms with van der Waals surface area (Å²) < 4.78 is 0.703. The predicted molar refractivity (Wildman–Crippen MR) is 53.3 cm³/mol. The van der Waals surface area contributed by atoms with E-state index in [-0.39, 0.29) is 0 Å². The molecule has 1 unspecified atom stereocenters. The van der Waals surface area contributed by atoms with Crippen molar-refractivity contribution in [2.45, 2.75) is 27.2 Å². The molecule has 1 N–H and O–H groups in total. The minimum absolute atomic E-state index is 0.429. The normalized spacial score (nSPS) is 16.8. The van der Waals surface area contributed by atoms with Crippen LogP contribution >= 0.6 is 0 Å². The zero-order valence-electron chi connectivity index (χ0n) is 9.00. The van der Waals surface area contributed by atoms with Crippen molar-refractivity contribution in [1.82, 2.24) is 0 Å². The Morgan fingerprint density at radius 2 is 2.00 bits per heavy atom. The highest BCUT2D eigenvalue weighted by molar-refractivity contribution is 5.85. The first-order chi connectivity index (χ1) is 5.95. The van der Waals surface area contributed by atoms with E-state index in [1.807, 2.05) is 6.20 Å². The van der Waals surface area contributed by atoms with E-state index < -0.39 is 5.97 Å². The number of rotatable bonds is 5. The Balaban J connectivity index is 4.58. The first-order valence-electron chi connectivity index (χ1n) is 4.72. The monoisotopic (exact) mass is 186 g/mol. The lowest BCUT2D eigenvalue weighted by molar-refractivity contribution is -0.858. The van der Waals surface area contributed by atoms with Crippen LogP contribution in [-0.2, 0) is 4.79 Å². The molecule has 0 aromatic carbocycles. The molecule has 0 radical (unpaired) electrons. The van der Waals surface area contributed by atoms with Crippen LogP contribution in [0.15, 0.2) is 11.8 Å². The topological polar surface area (TPSA) is 37.3 Å². The molecular formula is C10H20NO2+. The van der Waals surface area contributed by atoms with Crippen molar-refractivity contribution >= 4 is 5.97 Å². The predicted octanol–water partition coefficient (Wildman–Crippen LogP) is 1.85. The fourth-order valence-corrected chi connectivity index (χ4v) is 1.35. The molecule has 13 heavy (non-hydrogen) atoms. The highest BCUT2D eigenvalue weighted by Gasteiger charge is 2.17. The Bertz CT molecular complexity index is 211. The zero-order valence-corrected chi connectivity index (χ0v) is 9.00. The molecule has 76 valence electrons. The van der Waals surface area contributed by atoms with Crippen molar-refractivity contribution < 1.29 is 14.4 Å². The Hall–Kier alpha value is -0.830. The van der Waals surface area contributed by atoms with E-state index >= 15 is 0 Å². The summed E-state index contributed by atoms with van der Waals surface area (Å²) in [5.74, 6) is -0.825. The van der Waals surface area contributed by atoms with Crippen molar-refractivity contribution in [1.29, 1.82) is 0 Å². The molecule has 0 rings (SSSR count). The summed E-state index contributed by atoms with van der Waals surface area (Å²) >= 11 is 0. The second-order valence-electron chi connectivity index (χ2n) is 3.64. The van der Waals surface area contributed by atoms with Gasteiger partial charge in [-0.25, -0.2) is 4.79 Å². The Morgan fingerprint density at radius 1 is 1.46 bits per heavy atom. The molecule has 0 bridgehead atoms. The van der Waals surface area contributed by atoms with E-state index in [1.54, 1.807) is 6.92 Å². The summed E-state index contributed by atoms with van der Waals surface area (Å²) in [6.45, 7) is 7.74. The summed E-state index contributed by atoms with van der Waals surface area (Å²) in [7, 11) is 2.05. The maximum absolute atomic E-state index is 10.6. The number of carbonyl (C=O) groups is 1. The van der Waals surface area contributed by atoms with E-state index in [2.05, 4.69) is 20.9 Å². The van der Waals surface area contributed by atoms with Gasteiger partial charge in [-0.15, -0.1) is 0 Å². The van der Waals surface area contributed by atoms with Crippen LogP contribution in [0.2, 0.25) is 0 Å². The molecule has 0 aliphatic carbocycles. The molecule has 0 saturated heterocycles. The van der Waals surface area contributed by atoms with Crippen molar-refractivity contribution in [2.24, 2.45) is 0 Å². The summed E-state index contributed by atoms with van der Waals surface area (Å²) in [6, 6.07) is 0. The van der Waals surface area contributed by atoms with Crippen molar-refractivity contribution in [3.05, 3.63) is 11.8 Å². The van der Waals surface area contributed by atoms with Gasteiger partial charge < -0.3 is 5.11 Å². The first-order valence-corrected chi connectivity index (χ1v) is 4.72. The summed E-state index contributed by atoms with van der Waals surface area (Å²) in [6.07, 6.45) is 2.89. The van der Waals surface area contributed by atoms with Gasteiger partial charge in [0.25, 0.3) is 0 Å². The molecule has 0 aliphatic heterocycles. The number of hydrogen-bond acceptors (Lipinski definition) is 1. The number of aliphatic carboxylic acids is 1. The quantitative estimate of drug-likeness (QED) is 0.525. The van der Waals surface area contributed by atoms with Crippen LogP contribution in [0.1, 0.15) is 27.2 Å². The van der Waals surface area contributed by atoms with E-state index in [0.717, 1.165) is 19.5 Å². The Kier molecular flexibility index (Phi) is 4.70. The smallest absolute Gasteiger partial charge is 0.336 e. The molecule has 0 saturated carbocycles. The van der Waals surface area contributed by atoms with Crippen LogP contribution < -0.4 is 0 Å². The van der Waals surface area contributed by atoms with Crippen molar-refractivity contribution in [3.63, 3.8) is 0 Å². The third-order valence-corrected chi connectivity index (χ3v) is 2.30. The van der Waals surface area contributed by atoms with Crippen LogP contribution in [0.4, 0.5) is 0 Å². The number of carboxylic acids is 1. The second kappa shape index (κ2) is 5.02. The number of quaternary nitrogens is 1. The van der Waals surface area contributed by atoms with Gasteiger partial charge in [0.05, 0.1) is 25.7 Å². The van der Waals surface area contributed by atoms with Gasteiger partial charge in [-0.3, -0.25) is 4.48 Å². The van der Waals surface area contributed by atoms with Crippen molar-refractivity contribution in [2.75, 3.05) is 20.1 Å². The second-order valence-corrected chi connectivity index (χ2v) is 3.64. The van der Waals surface area contributed by atoms with E-state index in [0.29, 0.717) is 10.1 Å². The maximum atomic E-state index is 10.6. The number of carboxylic acid groups (broad SMARTS) is 1. The van der Waals surface area contributed by atoms with Gasteiger partial charge in [-0.2, -0.15) is 0 Å². The molecule has 0 heterocycles. The van der Waals surface area contributed by atoms with Gasteiger partial charge in [-0.05, 0) is 20.3 Å². The lowest BCUT2D eigenvalue weighted by atomic mass is 10.3. The summed E-state index contributed by atoms with van der Waals surface area (Å²) in [4.78, 5) is 10.6. The molecule has 0 spiro atoms. The van der Waals surface area contributed by atoms with Gasteiger partial charge in [0.1, 0.15) is 6.20 Å². The van der Waals surface area contributed by atoms with Gasteiger partial charge in [0.2, 0.25) is 0 Å². The van der Waals surface area contributed by atoms with Crippen molar-refractivity contribution in [3.8, 4) is 0 Å². The molecule has 0 aromatic rings.